The number of rotatable bonds is 3. The van der Waals surface area contributed by atoms with E-state index in [1.807, 2.05) is 24.5 Å². The van der Waals surface area contributed by atoms with Gasteiger partial charge in [0.25, 0.3) is 0 Å². The van der Waals surface area contributed by atoms with Crippen LogP contribution in [0.1, 0.15) is 22.9 Å². The van der Waals surface area contributed by atoms with E-state index in [0.717, 1.165) is 16.7 Å². The molecule has 4 nitrogen and oxygen atoms in total. The smallest absolute Gasteiger partial charge is 0.0965 e. The van der Waals surface area contributed by atoms with Crippen molar-refractivity contribution in [3.8, 4) is 0 Å². The topological polar surface area (TPSA) is 56.7 Å². The first kappa shape index (κ1) is 12.8. The van der Waals surface area contributed by atoms with Gasteiger partial charge < -0.3 is 10.3 Å². The van der Waals surface area contributed by atoms with E-state index in [-0.39, 0.29) is 6.04 Å². The molecule has 3 aromatic rings. The number of imidazole rings is 1. The van der Waals surface area contributed by atoms with Crippen molar-refractivity contribution in [3.63, 3.8) is 0 Å². The zero-order valence-corrected chi connectivity index (χ0v) is 11.7. The number of pyridine rings is 1. The summed E-state index contributed by atoms with van der Waals surface area (Å²) in [6.07, 6.45) is 3.66. The quantitative estimate of drug-likeness (QED) is 0.792. The molecular weight excluding hydrogens is 248 g/mol. The van der Waals surface area contributed by atoms with Crippen molar-refractivity contribution < 1.29 is 0 Å². The van der Waals surface area contributed by atoms with Gasteiger partial charge in [0, 0.05) is 12.7 Å². The van der Waals surface area contributed by atoms with Gasteiger partial charge in [-0.15, -0.1) is 0 Å². The van der Waals surface area contributed by atoms with Gasteiger partial charge in [0.1, 0.15) is 0 Å². The summed E-state index contributed by atoms with van der Waals surface area (Å²) in [6.45, 7) is 4.71. The molecule has 0 aliphatic carbocycles. The third kappa shape index (κ3) is 2.08. The molecule has 0 radical (unpaired) electrons. The minimum Gasteiger partial charge on any atom is -0.328 e. The van der Waals surface area contributed by atoms with Crippen LogP contribution in [0.2, 0.25) is 0 Å². The lowest BCUT2D eigenvalue weighted by Gasteiger charge is -2.17. The lowest BCUT2D eigenvalue weighted by atomic mass is 10.1. The Morgan fingerprint density at radius 3 is 2.65 bits per heavy atom. The van der Waals surface area contributed by atoms with Crippen molar-refractivity contribution in [1.29, 1.82) is 0 Å². The van der Waals surface area contributed by atoms with E-state index in [2.05, 4.69) is 40.5 Å². The van der Waals surface area contributed by atoms with E-state index >= 15 is 0 Å². The van der Waals surface area contributed by atoms with E-state index < -0.39 is 0 Å². The molecule has 0 bridgehead atoms. The second kappa shape index (κ2) is 5.06. The maximum Gasteiger partial charge on any atom is 0.0965 e. The number of nitrogens with zero attached hydrogens (tertiary/aromatic N) is 3. The molecule has 0 fully saturated rings. The minimum absolute atomic E-state index is 0.0170. The van der Waals surface area contributed by atoms with Crippen molar-refractivity contribution in [2.24, 2.45) is 5.73 Å². The first-order valence-electron chi connectivity index (χ1n) is 6.75. The molecular formula is C16H18N4. The van der Waals surface area contributed by atoms with Crippen LogP contribution in [0.15, 0.2) is 42.9 Å². The first-order chi connectivity index (χ1) is 9.70. The van der Waals surface area contributed by atoms with Gasteiger partial charge in [0.15, 0.2) is 0 Å². The summed E-state index contributed by atoms with van der Waals surface area (Å²) >= 11 is 0. The second-order valence-corrected chi connectivity index (χ2v) is 5.08. The Morgan fingerprint density at radius 2 is 1.95 bits per heavy atom. The van der Waals surface area contributed by atoms with Gasteiger partial charge in [-0.2, -0.15) is 0 Å². The standard InChI is InChI=1S/C16H18N4/c1-11-7-14-15(8-12(11)2)20(10-19-14)16(9-17)13-5-3-4-6-18-13/h3-8,10,16H,9,17H2,1-2H3. The van der Waals surface area contributed by atoms with Crippen molar-refractivity contribution >= 4 is 11.0 Å². The molecule has 0 spiro atoms. The number of aryl methyl sites for hydroxylation is 2. The third-order valence-corrected chi connectivity index (χ3v) is 3.78. The predicted octanol–water partition coefficient (Wildman–Crippen LogP) is 2.60. The monoisotopic (exact) mass is 266 g/mol. The molecule has 1 aromatic carbocycles. The molecule has 2 aromatic heterocycles. The molecule has 0 saturated carbocycles. The molecule has 0 aliphatic heterocycles. The lowest BCUT2D eigenvalue weighted by Crippen LogP contribution is -2.20. The van der Waals surface area contributed by atoms with Gasteiger partial charge in [0.2, 0.25) is 0 Å². The number of hydrogen-bond donors (Lipinski definition) is 1. The Kier molecular flexibility index (Phi) is 3.24. The summed E-state index contributed by atoms with van der Waals surface area (Å²) in [6, 6.07) is 10.2. The van der Waals surface area contributed by atoms with Gasteiger partial charge in [0.05, 0.1) is 29.1 Å². The van der Waals surface area contributed by atoms with E-state index in [1.54, 1.807) is 6.20 Å². The van der Waals surface area contributed by atoms with Gasteiger partial charge in [-0.25, -0.2) is 4.98 Å². The largest absolute Gasteiger partial charge is 0.328 e. The molecule has 0 aliphatic rings. The maximum atomic E-state index is 5.97. The summed E-state index contributed by atoms with van der Waals surface area (Å²) in [4.78, 5) is 8.92. The predicted molar refractivity (Wildman–Crippen MR) is 80.6 cm³/mol. The molecule has 4 heteroatoms. The van der Waals surface area contributed by atoms with Crippen LogP contribution in [-0.2, 0) is 0 Å². The van der Waals surface area contributed by atoms with Crippen LogP contribution in [0.5, 0.6) is 0 Å². The average molecular weight is 266 g/mol. The van der Waals surface area contributed by atoms with Crippen LogP contribution < -0.4 is 5.73 Å². The zero-order chi connectivity index (χ0) is 14.1. The number of benzene rings is 1. The second-order valence-electron chi connectivity index (χ2n) is 5.08. The number of fused-ring (bicyclic) bond motifs is 1. The van der Waals surface area contributed by atoms with Crippen LogP contribution in [-0.4, -0.2) is 21.1 Å². The lowest BCUT2D eigenvalue weighted by molar-refractivity contribution is 0.593. The van der Waals surface area contributed by atoms with Crippen LogP contribution in [0.3, 0.4) is 0 Å². The Bertz CT molecular complexity index is 731. The van der Waals surface area contributed by atoms with Gasteiger partial charge in [-0.3, -0.25) is 4.98 Å². The van der Waals surface area contributed by atoms with Crippen LogP contribution in [0.4, 0.5) is 0 Å². The highest BCUT2D eigenvalue weighted by molar-refractivity contribution is 5.77. The molecule has 1 unspecified atom stereocenters. The molecule has 2 N–H and O–H groups in total. The van der Waals surface area contributed by atoms with Crippen LogP contribution in [0, 0.1) is 13.8 Å². The van der Waals surface area contributed by atoms with Gasteiger partial charge >= 0.3 is 0 Å². The third-order valence-electron chi connectivity index (χ3n) is 3.78. The van der Waals surface area contributed by atoms with Crippen molar-refractivity contribution in [2.75, 3.05) is 6.54 Å². The maximum absolute atomic E-state index is 5.97. The normalized spacial score (nSPS) is 12.8. The number of nitrogens with two attached hydrogens (primary N) is 1. The van der Waals surface area contributed by atoms with E-state index in [4.69, 9.17) is 5.73 Å². The Morgan fingerprint density at radius 1 is 1.15 bits per heavy atom. The minimum atomic E-state index is 0.0170. The van der Waals surface area contributed by atoms with E-state index in [1.165, 1.54) is 11.1 Å². The summed E-state index contributed by atoms with van der Waals surface area (Å²) in [5, 5.41) is 0. The van der Waals surface area contributed by atoms with Crippen LogP contribution in [0.25, 0.3) is 11.0 Å². The van der Waals surface area contributed by atoms with Gasteiger partial charge in [-0.1, -0.05) is 6.07 Å². The van der Waals surface area contributed by atoms with E-state index in [9.17, 15) is 0 Å². The molecule has 2 heterocycles. The first-order valence-corrected chi connectivity index (χ1v) is 6.75. The zero-order valence-electron chi connectivity index (χ0n) is 11.7. The Hall–Kier alpha value is -2.20. The Labute approximate surface area is 118 Å². The summed E-state index contributed by atoms with van der Waals surface area (Å²) < 4.78 is 2.12. The fourth-order valence-electron chi connectivity index (χ4n) is 2.48. The molecule has 20 heavy (non-hydrogen) atoms. The van der Waals surface area contributed by atoms with Crippen molar-refractivity contribution in [3.05, 3.63) is 59.7 Å². The highest BCUT2D eigenvalue weighted by atomic mass is 15.1. The number of aromatic nitrogens is 3. The van der Waals surface area contributed by atoms with Crippen molar-refractivity contribution in [1.82, 2.24) is 14.5 Å². The SMILES string of the molecule is Cc1cc2ncn(C(CN)c3ccccn3)c2cc1C. The summed E-state index contributed by atoms with van der Waals surface area (Å²) in [7, 11) is 0. The van der Waals surface area contributed by atoms with Crippen molar-refractivity contribution in [2.45, 2.75) is 19.9 Å². The molecule has 102 valence electrons. The average Bonchev–Trinajstić information content (AvgIpc) is 2.85. The molecule has 3 rings (SSSR count). The van der Waals surface area contributed by atoms with E-state index in [0.29, 0.717) is 6.54 Å². The Balaban J connectivity index is 2.15. The fourth-order valence-corrected chi connectivity index (χ4v) is 2.48. The molecule has 0 saturated heterocycles. The number of hydrogen-bond acceptors (Lipinski definition) is 3. The fraction of sp³-hybridized carbons (Fsp3) is 0.250. The molecule has 0 amide bonds. The van der Waals surface area contributed by atoms with Crippen LogP contribution >= 0.6 is 0 Å². The highest BCUT2D eigenvalue weighted by Crippen LogP contribution is 2.24. The molecule has 1 atom stereocenters. The summed E-state index contributed by atoms with van der Waals surface area (Å²) in [5.41, 5.74) is 11.6. The van der Waals surface area contributed by atoms with Gasteiger partial charge in [-0.05, 0) is 49.2 Å². The summed E-state index contributed by atoms with van der Waals surface area (Å²) in [5.74, 6) is 0. The highest BCUT2D eigenvalue weighted by Gasteiger charge is 2.16.